The molecule has 0 aliphatic carbocycles. The van der Waals surface area contributed by atoms with Gasteiger partial charge in [0.1, 0.15) is 24.2 Å². The van der Waals surface area contributed by atoms with Gasteiger partial charge in [0, 0.05) is 25.6 Å². The highest BCUT2D eigenvalue weighted by Crippen LogP contribution is 2.18. The molecule has 0 atom stereocenters. The van der Waals surface area contributed by atoms with Crippen LogP contribution in [0.4, 0.5) is 4.39 Å². The Balaban J connectivity index is 1.85. The van der Waals surface area contributed by atoms with Crippen LogP contribution in [0.2, 0.25) is 0 Å². The molecular weight excluding hydrogens is 315 g/mol. The number of rotatable bonds is 6. The van der Waals surface area contributed by atoms with Gasteiger partial charge in [-0.15, -0.1) is 0 Å². The maximum Gasteiger partial charge on any atom is 0.291 e. The first-order valence-electron chi connectivity index (χ1n) is 7.52. The molecule has 1 N–H and O–H groups in total. The zero-order valence-corrected chi connectivity index (χ0v) is 13.2. The number of methoxy groups -OCH3 is 1. The standard InChI is InChI=1S/C16H17FN4O3/c1-24-6-2-5-18-15(22)9-21-16(23)14-8-11-7-12(17)3-4-13(11)20(14)10-19-21/h3-4,7-8,10H,2,5-6,9H2,1H3,(H,18,22). The van der Waals surface area contributed by atoms with Gasteiger partial charge in [-0.1, -0.05) is 0 Å². The molecule has 0 saturated carbocycles. The van der Waals surface area contributed by atoms with Crippen LogP contribution in [0.1, 0.15) is 6.42 Å². The number of hydrogen-bond donors (Lipinski definition) is 1. The SMILES string of the molecule is COCCCNC(=O)Cn1ncn2c(cc3cc(F)ccc32)c1=O. The fraction of sp³-hybridized carbons (Fsp3) is 0.312. The second kappa shape index (κ2) is 6.79. The molecule has 0 unspecified atom stereocenters. The van der Waals surface area contributed by atoms with Crippen LogP contribution < -0.4 is 10.9 Å². The van der Waals surface area contributed by atoms with Crippen LogP contribution in [0.3, 0.4) is 0 Å². The van der Waals surface area contributed by atoms with Gasteiger partial charge in [0.05, 0.1) is 5.52 Å². The third kappa shape index (κ3) is 3.13. The van der Waals surface area contributed by atoms with Gasteiger partial charge in [-0.3, -0.25) is 14.0 Å². The van der Waals surface area contributed by atoms with Crippen molar-refractivity contribution in [2.75, 3.05) is 20.3 Å². The van der Waals surface area contributed by atoms with Gasteiger partial charge in [0.25, 0.3) is 5.56 Å². The van der Waals surface area contributed by atoms with Crippen molar-refractivity contribution in [3.8, 4) is 0 Å². The lowest BCUT2D eigenvalue weighted by molar-refractivity contribution is -0.121. The number of fused-ring (bicyclic) bond motifs is 3. The lowest BCUT2D eigenvalue weighted by atomic mass is 10.2. The molecule has 2 aromatic heterocycles. The Morgan fingerprint density at radius 3 is 2.96 bits per heavy atom. The molecule has 0 radical (unpaired) electrons. The summed E-state index contributed by atoms with van der Waals surface area (Å²) in [5.74, 6) is -0.672. The van der Waals surface area contributed by atoms with Crippen LogP contribution >= 0.6 is 0 Å². The van der Waals surface area contributed by atoms with Gasteiger partial charge < -0.3 is 10.1 Å². The predicted molar refractivity (Wildman–Crippen MR) is 86.4 cm³/mol. The van der Waals surface area contributed by atoms with E-state index in [-0.39, 0.29) is 18.3 Å². The second-order valence-electron chi connectivity index (χ2n) is 5.39. The maximum absolute atomic E-state index is 13.3. The molecule has 3 rings (SSSR count). The molecular formula is C16H17FN4O3. The largest absolute Gasteiger partial charge is 0.385 e. The fourth-order valence-corrected chi connectivity index (χ4v) is 2.54. The Labute approximate surface area is 136 Å². The van der Waals surface area contributed by atoms with E-state index >= 15 is 0 Å². The first-order valence-corrected chi connectivity index (χ1v) is 7.52. The summed E-state index contributed by atoms with van der Waals surface area (Å²) in [6.45, 7) is 0.855. The Bertz CT molecular complexity index is 948. The third-order valence-corrected chi connectivity index (χ3v) is 3.70. The average Bonchev–Trinajstić information content (AvgIpc) is 2.92. The monoisotopic (exact) mass is 332 g/mol. The molecule has 1 aromatic carbocycles. The summed E-state index contributed by atoms with van der Waals surface area (Å²) in [4.78, 5) is 24.4. The number of benzene rings is 1. The van der Waals surface area contributed by atoms with Crippen molar-refractivity contribution in [1.82, 2.24) is 19.5 Å². The van der Waals surface area contributed by atoms with E-state index in [1.54, 1.807) is 23.6 Å². The van der Waals surface area contributed by atoms with Gasteiger partial charge in [0.2, 0.25) is 5.91 Å². The molecule has 2 heterocycles. The number of nitrogens with one attached hydrogen (secondary N) is 1. The Morgan fingerprint density at radius 2 is 2.17 bits per heavy atom. The summed E-state index contributed by atoms with van der Waals surface area (Å²) < 4.78 is 20.9. The van der Waals surface area contributed by atoms with Gasteiger partial charge >= 0.3 is 0 Å². The average molecular weight is 332 g/mol. The number of carbonyl (C=O) groups is 1. The molecule has 0 saturated heterocycles. The summed E-state index contributed by atoms with van der Waals surface area (Å²) in [6.07, 6.45) is 2.15. The molecule has 126 valence electrons. The maximum atomic E-state index is 13.3. The molecule has 0 bridgehead atoms. The van der Waals surface area contributed by atoms with Crippen LogP contribution in [-0.2, 0) is 16.1 Å². The minimum absolute atomic E-state index is 0.168. The van der Waals surface area contributed by atoms with Crippen LogP contribution in [0.5, 0.6) is 0 Å². The van der Waals surface area contributed by atoms with Crippen molar-refractivity contribution in [2.24, 2.45) is 0 Å². The molecule has 3 aromatic rings. The summed E-state index contributed by atoms with van der Waals surface area (Å²) in [5, 5.41) is 7.33. The minimum Gasteiger partial charge on any atom is -0.385 e. The van der Waals surface area contributed by atoms with Crippen molar-refractivity contribution in [3.63, 3.8) is 0 Å². The van der Waals surface area contributed by atoms with Crippen LogP contribution in [0, 0.1) is 5.82 Å². The molecule has 7 nitrogen and oxygen atoms in total. The number of aromatic nitrogens is 3. The minimum atomic E-state index is -0.402. The van der Waals surface area contributed by atoms with E-state index in [0.29, 0.717) is 36.0 Å². The highest BCUT2D eigenvalue weighted by Gasteiger charge is 2.11. The molecule has 8 heteroatoms. The third-order valence-electron chi connectivity index (χ3n) is 3.70. The summed E-state index contributed by atoms with van der Waals surface area (Å²) in [7, 11) is 1.59. The Morgan fingerprint density at radius 1 is 1.33 bits per heavy atom. The Hall–Kier alpha value is -2.74. The normalized spacial score (nSPS) is 11.2. The summed E-state index contributed by atoms with van der Waals surface area (Å²) in [5.41, 5.74) is 0.631. The van der Waals surface area contributed by atoms with E-state index in [1.165, 1.54) is 18.5 Å². The first-order chi connectivity index (χ1) is 11.6. The molecule has 0 aliphatic rings. The van der Waals surface area contributed by atoms with Crippen LogP contribution in [-0.4, -0.2) is 40.3 Å². The van der Waals surface area contributed by atoms with Crippen molar-refractivity contribution < 1.29 is 13.9 Å². The topological polar surface area (TPSA) is 77.6 Å². The van der Waals surface area contributed by atoms with E-state index in [2.05, 4.69) is 10.4 Å². The van der Waals surface area contributed by atoms with E-state index in [0.717, 1.165) is 4.68 Å². The summed E-state index contributed by atoms with van der Waals surface area (Å²) >= 11 is 0. The highest BCUT2D eigenvalue weighted by molar-refractivity contribution is 5.86. The molecule has 1 amide bonds. The van der Waals surface area contributed by atoms with Gasteiger partial charge in [-0.05, 0) is 30.7 Å². The van der Waals surface area contributed by atoms with Gasteiger partial charge in [-0.25, -0.2) is 9.07 Å². The summed E-state index contributed by atoms with van der Waals surface area (Å²) in [6, 6.07) is 5.86. The smallest absolute Gasteiger partial charge is 0.291 e. The lowest BCUT2D eigenvalue weighted by Gasteiger charge is -2.07. The number of nitrogens with zero attached hydrogens (tertiary/aromatic N) is 3. The number of amides is 1. The molecule has 0 fully saturated rings. The van der Waals surface area contributed by atoms with E-state index < -0.39 is 5.56 Å². The molecule has 0 spiro atoms. The number of ether oxygens (including phenoxy) is 1. The zero-order valence-electron chi connectivity index (χ0n) is 13.2. The van der Waals surface area contributed by atoms with E-state index in [4.69, 9.17) is 4.74 Å². The highest BCUT2D eigenvalue weighted by atomic mass is 19.1. The number of hydrogen-bond acceptors (Lipinski definition) is 4. The van der Waals surface area contributed by atoms with E-state index in [9.17, 15) is 14.0 Å². The van der Waals surface area contributed by atoms with E-state index in [1.807, 2.05) is 0 Å². The molecule has 24 heavy (non-hydrogen) atoms. The second-order valence-corrected chi connectivity index (χ2v) is 5.39. The first kappa shape index (κ1) is 16.1. The fourth-order valence-electron chi connectivity index (χ4n) is 2.54. The van der Waals surface area contributed by atoms with Crippen molar-refractivity contribution >= 4 is 22.3 Å². The predicted octanol–water partition coefficient (Wildman–Crippen LogP) is 0.941. The van der Waals surface area contributed by atoms with Gasteiger partial charge in [-0.2, -0.15) is 5.10 Å². The number of carbonyl (C=O) groups excluding carboxylic acids is 1. The number of halogens is 1. The van der Waals surface area contributed by atoms with Gasteiger partial charge in [0.15, 0.2) is 0 Å². The van der Waals surface area contributed by atoms with Crippen molar-refractivity contribution in [2.45, 2.75) is 13.0 Å². The van der Waals surface area contributed by atoms with Crippen molar-refractivity contribution in [1.29, 1.82) is 0 Å². The Kier molecular flexibility index (Phi) is 4.57. The van der Waals surface area contributed by atoms with Crippen LogP contribution in [0.25, 0.3) is 16.4 Å². The lowest BCUT2D eigenvalue weighted by Crippen LogP contribution is -2.34. The van der Waals surface area contributed by atoms with Crippen molar-refractivity contribution in [3.05, 3.63) is 46.8 Å². The molecule has 0 aliphatic heterocycles. The van der Waals surface area contributed by atoms with Crippen LogP contribution in [0.15, 0.2) is 35.4 Å². The zero-order chi connectivity index (χ0) is 17.1. The quantitative estimate of drug-likeness (QED) is 0.682.